The molecule has 0 radical (unpaired) electrons. The van der Waals surface area contributed by atoms with E-state index in [0.29, 0.717) is 31.6 Å². The summed E-state index contributed by atoms with van der Waals surface area (Å²) in [6, 6.07) is 0. The van der Waals surface area contributed by atoms with Crippen molar-refractivity contribution in [2.45, 2.75) is 52.6 Å². The first kappa shape index (κ1) is 18.5. The Hall–Kier alpha value is -1.53. The van der Waals surface area contributed by atoms with Gasteiger partial charge in [0.05, 0.1) is 24.7 Å². The SMILES string of the molecule is CCOC[C@H]1C(=O)[C@]23C[C@H]1CC[C@H]2[C@]12CO[C@H](CC1=O)C(C)(C)C2=C(O)C3=O. The molecule has 0 unspecified atom stereocenters. The second kappa shape index (κ2) is 5.54. The van der Waals surface area contributed by atoms with Gasteiger partial charge in [-0.2, -0.15) is 0 Å². The molecule has 4 aliphatic carbocycles. The van der Waals surface area contributed by atoms with Crippen LogP contribution in [0.15, 0.2) is 11.3 Å². The fourth-order valence-corrected chi connectivity index (χ4v) is 7.38. The van der Waals surface area contributed by atoms with Crippen LogP contribution in [-0.2, 0) is 23.9 Å². The molecule has 6 aliphatic rings. The molecule has 2 spiro atoms. The minimum atomic E-state index is -1.29. The van der Waals surface area contributed by atoms with Gasteiger partial charge < -0.3 is 14.6 Å². The number of hydrogen-bond donors (Lipinski definition) is 1. The summed E-state index contributed by atoms with van der Waals surface area (Å²) in [6.45, 7) is 6.76. The fraction of sp³-hybridized carbons (Fsp3) is 0.773. The molecule has 0 aromatic heterocycles. The Morgan fingerprint density at radius 3 is 2.61 bits per heavy atom. The highest BCUT2D eigenvalue weighted by molar-refractivity contribution is 6.18. The van der Waals surface area contributed by atoms with Crippen molar-refractivity contribution in [3.8, 4) is 0 Å². The van der Waals surface area contributed by atoms with Crippen molar-refractivity contribution in [1.82, 2.24) is 0 Å². The Balaban J connectivity index is 1.72. The molecule has 6 heteroatoms. The molecule has 4 bridgehead atoms. The zero-order valence-corrected chi connectivity index (χ0v) is 16.7. The largest absolute Gasteiger partial charge is 0.504 e. The van der Waals surface area contributed by atoms with Crippen LogP contribution in [0.2, 0.25) is 0 Å². The van der Waals surface area contributed by atoms with Crippen molar-refractivity contribution >= 4 is 17.3 Å². The van der Waals surface area contributed by atoms with E-state index in [9.17, 15) is 19.5 Å². The number of hydrogen-bond acceptors (Lipinski definition) is 6. The van der Waals surface area contributed by atoms with Crippen LogP contribution in [0.5, 0.6) is 0 Å². The van der Waals surface area contributed by atoms with Gasteiger partial charge in [-0.3, -0.25) is 14.4 Å². The molecular formula is C22H28O6. The molecule has 2 aliphatic heterocycles. The van der Waals surface area contributed by atoms with E-state index >= 15 is 0 Å². The van der Waals surface area contributed by atoms with Gasteiger partial charge in [0, 0.05) is 24.4 Å². The Kier molecular flexibility index (Phi) is 3.66. The van der Waals surface area contributed by atoms with E-state index in [2.05, 4.69) is 0 Å². The molecule has 6 atom stereocenters. The van der Waals surface area contributed by atoms with Crippen LogP contribution < -0.4 is 0 Å². The number of carbonyl (C=O) groups is 3. The number of ketones is 3. The van der Waals surface area contributed by atoms with E-state index < -0.39 is 27.9 Å². The van der Waals surface area contributed by atoms with E-state index in [1.165, 1.54) is 0 Å². The third kappa shape index (κ3) is 1.80. The lowest BCUT2D eigenvalue weighted by Gasteiger charge is -2.63. The lowest BCUT2D eigenvalue weighted by molar-refractivity contribution is -0.194. The second-order valence-electron chi connectivity index (χ2n) is 9.87. The number of aliphatic hydroxyl groups is 1. The summed E-state index contributed by atoms with van der Waals surface area (Å²) in [4.78, 5) is 40.6. The van der Waals surface area contributed by atoms with Gasteiger partial charge in [-0.15, -0.1) is 0 Å². The van der Waals surface area contributed by atoms with Gasteiger partial charge in [0.15, 0.2) is 11.5 Å². The molecule has 6 nitrogen and oxygen atoms in total. The van der Waals surface area contributed by atoms with Crippen LogP contribution in [0.1, 0.15) is 46.5 Å². The van der Waals surface area contributed by atoms with E-state index in [4.69, 9.17) is 9.47 Å². The summed E-state index contributed by atoms with van der Waals surface area (Å²) in [5, 5.41) is 11.1. The summed E-state index contributed by atoms with van der Waals surface area (Å²) in [5.41, 5.74) is -2.40. The van der Waals surface area contributed by atoms with Gasteiger partial charge >= 0.3 is 0 Å². The monoisotopic (exact) mass is 388 g/mol. The third-order valence-corrected chi connectivity index (χ3v) is 8.58. The predicted molar refractivity (Wildman–Crippen MR) is 98.5 cm³/mol. The minimum absolute atomic E-state index is 0.0287. The standard InChI is InChI=1S/C22H28O6/c1-4-27-9-12-11-5-6-13-21(8-11,18(12)25)19(26)16(24)17-20(2,3)15-7-14(23)22(13,17)10-28-15/h11-13,15,24H,4-10H2,1-3H3/t11-,12-,13-,15-,21+,22-/m1/s1. The average molecular weight is 388 g/mol. The summed E-state index contributed by atoms with van der Waals surface area (Å²) < 4.78 is 11.6. The van der Waals surface area contributed by atoms with E-state index in [0.717, 1.165) is 6.42 Å². The van der Waals surface area contributed by atoms with Crippen LogP contribution >= 0.6 is 0 Å². The van der Waals surface area contributed by atoms with Crippen molar-refractivity contribution < 1.29 is 29.0 Å². The fourth-order valence-electron chi connectivity index (χ4n) is 7.38. The van der Waals surface area contributed by atoms with Crippen LogP contribution in [0.4, 0.5) is 0 Å². The molecular weight excluding hydrogens is 360 g/mol. The van der Waals surface area contributed by atoms with Crippen molar-refractivity contribution in [3.63, 3.8) is 0 Å². The summed E-state index contributed by atoms with van der Waals surface area (Å²) in [5.74, 6) is -1.56. The quantitative estimate of drug-likeness (QED) is 0.747. The predicted octanol–water partition coefficient (Wildman–Crippen LogP) is 2.40. The van der Waals surface area contributed by atoms with Gasteiger partial charge in [0.2, 0.25) is 5.78 Å². The van der Waals surface area contributed by atoms with Crippen molar-refractivity contribution in [3.05, 3.63) is 11.3 Å². The van der Waals surface area contributed by atoms with E-state index in [1.807, 2.05) is 20.8 Å². The van der Waals surface area contributed by atoms with Gasteiger partial charge in [-0.05, 0) is 43.6 Å². The number of fused-ring (bicyclic) bond motifs is 3. The van der Waals surface area contributed by atoms with E-state index in [1.54, 1.807) is 0 Å². The molecule has 0 amide bonds. The highest BCUT2D eigenvalue weighted by Gasteiger charge is 2.76. The number of carbonyl (C=O) groups excluding carboxylic acids is 3. The molecule has 152 valence electrons. The van der Waals surface area contributed by atoms with Crippen molar-refractivity contribution in [2.75, 3.05) is 19.8 Å². The normalized spacial score (nSPS) is 46.0. The topological polar surface area (TPSA) is 89.9 Å². The first-order chi connectivity index (χ1) is 13.2. The number of ether oxygens (including phenoxy) is 2. The molecule has 28 heavy (non-hydrogen) atoms. The number of aliphatic hydroxyl groups excluding tert-OH is 1. The average Bonchev–Trinajstić information content (AvgIpc) is 2.86. The summed E-state index contributed by atoms with van der Waals surface area (Å²) >= 11 is 0. The molecule has 2 saturated heterocycles. The third-order valence-electron chi connectivity index (χ3n) is 8.58. The van der Waals surface area contributed by atoms with Gasteiger partial charge in [-0.1, -0.05) is 13.8 Å². The maximum atomic E-state index is 13.6. The highest BCUT2D eigenvalue weighted by Crippen LogP contribution is 2.70. The second-order valence-corrected chi connectivity index (χ2v) is 9.87. The first-order valence-electron chi connectivity index (χ1n) is 10.5. The lowest BCUT2D eigenvalue weighted by atomic mass is 9.42. The van der Waals surface area contributed by atoms with Gasteiger partial charge in [0.25, 0.3) is 0 Å². The molecule has 0 aromatic carbocycles. The maximum absolute atomic E-state index is 13.6. The lowest BCUT2D eigenvalue weighted by Crippen LogP contribution is -2.69. The smallest absolute Gasteiger partial charge is 0.210 e. The number of allylic oxidation sites excluding steroid dienone is 1. The highest BCUT2D eigenvalue weighted by atomic mass is 16.5. The zero-order valence-electron chi connectivity index (χ0n) is 16.7. The van der Waals surface area contributed by atoms with Crippen LogP contribution in [0.3, 0.4) is 0 Å². The van der Waals surface area contributed by atoms with E-state index in [-0.39, 0.29) is 48.3 Å². The van der Waals surface area contributed by atoms with Crippen LogP contribution in [0.25, 0.3) is 0 Å². The Morgan fingerprint density at radius 2 is 1.93 bits per heavy atom. The Labute approximate surface area is 164 Å². The number of rotatable bonds is 3. The Morgan fingerprint density at radius 1 is 1.18 bits per heavy atom. The Bertz CT molecular complexity index is 825. The van der Waals surface area contributed by atoms with Gasteiger partial charge in [-0.25, -0.2) is 0 Å². The van der Waals surface area contributed by atoms with Crippen LogP contribution in [0, 0.1) is 34.0 Å². The molecule has 2 heterocycles. The zero-order chi connectivity index (χ0) is 20.1. The molecule has 1 N–H and O–H groups in total. The summed E-state index contributed by atoms with van der Waals surface area (Å²) in [7, 11) is 0. The molecule has 0 aromatic rings. The summed E-state index contributed by atoms with van der Waals surface area (Å²) in [6.07, 6.45) is 1.81. The first-order valence-corrected chi connectivity index (χ1v) is 10.5. The number of Topliss-reactive ketones (excluding diaryl/α,β-unsaturated/α-hetero) is 3. The van der Waals surface area contributed by atoms with Crippen LogP contribution in [-0.4, -0.2) is 48.4 Å². The maximum Gasteiger partial charge on any atom is 0.210 e. The molecule has 3 saturated carbocycles. The van der Waals surface area contributed by atoms with Gasteiger partial charge in [0.1, 0.15) is 11.2 Å². The molecule has 5 fully saturated rings. The van der Waals surface area contributed by atoms with Crippen molar-refractivity contribution in [1.29, 1.82) is 0 Å². The van der Waals surface area contributed by atoms with Crippen molar-refractivity contribution in [2.24, 2.45) is 34.0 Å². The minimum Gasteiger partial charge on any atom is -0.504 e. The molecule has 6 rings (SSSR count).